The van der Waals surface area contributed by atoms with E-state index in [1.54, 1.807) is 0 Å². The minimum Gasteiger partial charge on any atom is -0.283 e. The third-order valence-electron chi connectivity index (χ3n) is 8.44. The molecule has 0 saturated carbocycles. The molecule has 0 aliphatic carbocycles. The van der Waals surface area contributed by atoms with E-state index in [4.69, 9.17) is 21.0 Å². The molecule has 6 nitrogen and oxygen atoms in total. The predicted octanol–water partition coefficient (Wildman–Crippen LogP) is 8.83. The van der Waals surface area contributed by atoms with Crippen molar-refractivity contribution in [2.45, 2.75) is 77.3 Å². The first kappa shape index (κ1) is 30.6. The molecule has 0 fully saturated rings. The molecular formula is C36H41BrN6. The monoisotopic (exact) mass is 636 g/mol. The number of nitrogens with zero attached hydrogens (tertiary/aromatic N) is 4. The highest BCUT2D eigenvalue weighted by Crippen LogP contribution is 2.23. The van der Waals surface area contributed by atoms with Crippen LogP contribution in [0.3, 0.4) is 0 Å². The van der Waals surface area contributed by atoms with Gasteiger partial charge >= 0.3 is 0 Å². The van der Waals surface area contributed by atoms with Crippen LogP contribution in [-0.2, 0) is 13.1 Å². The number of aryl methyl sites for hydroxylation is 2. The third-order valence-corrected chi connectivity index (χ3v) is 8.44. The highest BCUT2D eigenvalue weighted by atomic mass is 79.9. The van der Waals surface area contributed by atoms with Gasteiger partial charge in [-0.2, -0.15) is 10.2 Å². The number of fused-ring (bicyclic) bond motifs is 6. The maximum atomic E-state index is 8.41. The smallest absolute Gasteiger partial charge is 0.141 e. The molecule has 2 aromatic heterocycles. The summed E-state index contributed by atoms with van der Waals surface area (Å²) in [6, 6.07) is 29.0. The Morgan fingerprint density at radius 1 is 0.442 bits per heavy atom. The molecule has 0 aliphatic heterocycles. The molecule has 0 bridgehead atoms. The van der Waals surface area contributed by atoms with E-state index in [0.29, 0.717) is 11.0 Å². The normalized spacial score (nSPS) is 11.4. The van der Waals surface area contributed by atoms with E-state index in [-0.39, 0.29) is 17.0 Å². The summed E-state index contributed by atoms with van der Waals surface area (Å²) in [6.45, 7) is 1.61. The summed E-state index contributed by atoms with van der Waals surface area (Å²) in [7, 11) is 0. The highest BCUT2D eigenvalue weighted by Gasteiger charge is 2.06. The summed E-state index contributed by atoms with van der Waals surface area (Å²) in [5.74, 6) is 0. The van der Waals surface area contributed by atoms with E-state index in [2.05, 4.69) is 72.8 Å². The van der Waals surface area contributed by atoms with E-state index < -0.39 is 0 Å². The van der Waals surface area contributed by atoms with Gasteiger partial charge in [-0.25, -0.2) is 9.36 Å². The summed E-state index contributed by atoms with van der Waals surface area (Å²) < 4.78 is 3.73. The molecule has 7 heteroatoms. The molecule has 2 heterocycles. The van der Waals surface area contributed by atoms with Crippen molar-refractivity contribution in [2.24, 2.45) is 0 Å². The second-order valence-corrected chi connectivity index (χ2v) is 11.5. The minimum absolute atomic E-state index is 0. The average Bonchev–Trinajstić information content (AvgIpc) is 3.01. The molecular weight excluding hydrogens is 596 g/mol. The summed E-state index contributed by atoms with van der Waals surface area (Å²) in [6.07, 6.45) is 12.1. The Morgan fingerprint density at radius 3 is 1.21 bits per heavy atom. The Balaban J connectivity index is 0.00000368. The van der Waals surface area contributed by atoms with Crippen molar-refractivity contribution in [3.8, 4) is 0 Å². The van der Waals surface area contributed by atoms with Crippen LogP contribution in [0.15, 0.2) is 84.9 Å². The van der Waals surface area contributed by atoms with Gasteiger partial charge in [-0.1, -0.05) is 124 Å². The lowest BCUT2D eigenvalue weighted by molar-refractivity contribution is 0.489. The van der Waals surface area contributed by atoms with Gasteiger partial charge in [0.2, 0.25) is 0 Å². The molecule has 222 valence electrons. The lowest BCUT2D eigenvalue weighted by atomic mass is 10.1. The van der Waals surface area contributed by atoms with Gasteiger partial charge in [0, 0.05) is 34.6 Å². The van der Waals surface area contributed by atoms with Gasteiger partial charge < -0.3 is 0 Å². The topological polar surface area (TPSA) is 83.3 Å². The van der Waals surface area contributed by atoms with Crippen LogP contribution >= 0.6 is 17.0 Å². The summed E-state index contributed by atoms with van der Waals surface area (Å²) in [5, 5.41) is 33.3. The van der Waals surface area contributed by atoms with Crippen LogP contribution in [-0.4, -0.2) is 19.6 Å². The molecule has 4 aromatic carbocycles. The van der Waals surface area contributed by atoms with Crippen LogP contribution in [0.1, 0.15) is 64.2 Å². The molecule has 0 atom stereocenters. The quantitative estimate of drug-likeness (QED) is 0.0980. The largest absolute Gasteiger partial charge is 0.283 e. The van der Waals surface area contributed by atoms with Crippen molar-refractivity contribution in [1.82, 2.24) is 19.6 Å². The molecule has 0 aliphatic rings. The Kier molecular flexibility index (Phi) is 10.4. The van der Waals surface area contributed by atoms with Gasteiger partial charge in [-0.3, -0.25) is 10.8 Å². The average molecular weight is 638 g/mol. The van der Waals surface area contributed by atoms with E-state index >= 15 is 0 Å². The SMILES string of the molecule is Br.N=c1cc2ccc3ccccc3c2nn1CCCCCCCCCCCCn1nc2c(ccc3ccccc32)cc1=N. The summed E-state index contributed by atoms with van der Waals surface area (Å²) >= 11 is 0. The number of benzene rings is 4. The predicted molar refractivity (Wildman–Crippen MR) is 183 cm³/mol. The number of hydrogen-bond donors (Lipinski definition) is 2. The van der Waals surface area contributed by atoms with Gasteiger partial charge in [-0.15, -0.1) is 17.0 Å². The Morgan fingerprint density at radius 2 is 0.791 bits per heavy atom. The van der Waals surface area contributed by atoms with Crippen LogP contribution < -0.4 is 11.0 Å². The van der Waals surface area contributed by atoms with Crippen LogP contribution in [0.25, 0.3) is 43.4 Å². The van der Waals surface area contributed by atoms with Crippen molar-refractivity contribution in [3.63, 3.8) is 0 Å². The van der Waals surface area contributed by atoms with Crippen molar-refractivity contribution in [2.75, 3.05) is 0 Å². The fourth-order valence-electron chi connectivity index (χ4n) is 6.07. The maximum absolute atomic E-state index is 8.41. The fourth-order valence-corrected chi connectivity index (χ4v) is 6.07. The van der Waals surface area contributed by atoms with Gasteiger partial charge in [0.1, 0.15) is 11.0 Å². The first-order chi connectivity index (χ1) is 20.7. The molecule has 0 radical (unpaired) electrons. The second-order valence-electron chi connectivity index (χ2n) is 11.5. The van der Waals surface area contributed by atoms with Gasteiger partial charge in [0.15, 0.2) is 0 Å². The zero-order chi connectivity index (χ0) is 28.7. The van der Waals surface area contributed by atoms with Crippen LogP contribution in [0, 0.1) is 10.8 Å². The number of rotatable bonds is 13. The van der Waals surface area contributed by atoms with Crippen molar-refractivity contribution in [3.05, 3.63) is 95.9 Å². The van der Waals surface area contributed by atoms with Crippen molar-refractivity contribution < 1.29 is 0 Å². The molecule has 2 N–H and O–H groups in total. The molecule has 0 unspecified atom stereocenters. The van der Waals surface area contributed by atoms with E-state index in [1.807, 2.05) is 21.5 Å². The molecule has 6 rings (SSSR count). The zero-order valence-corrected chi connectivity index (χ0v) is 26.5. The van der Waals surface area contributed by atoms with Crippen LogP contribution in [0.2, 0.25) is 0 Å². The zero-order valence-electron chi connectivity index (χ0n) is 24.8. The third kappa shape index (κ3) is 7.21. The summed E-state index contributed by atoms with van der Waals surface area (Å²) in [5.41, 5.74) is 2.95. The molecule has 6 aromatic rings. The van der Waals surface area contributed by atoms with Crippen molar-refractivity contribution >= 4 is 60.3 Å². The number of aromatic nitrogens is 4. The minimum atomic E-state index is 0. The molecule has 0 saturated heterocycles. The van der Waals surface area contributed by atoms with E-state index in [1.165, 1.54) is 62.1 Å². The standard InChI is InChI=1S/C36H40N6.BrH/c37-33-25-29-21-19-27-15-9-11-17-31(27)35(29)39-41(33)23-13-7-5-3-1-2-4-6-8-14-24-42-34(38)26-30-22-20-28-16-10-12-18-32(28)36(30)40-42;/h9-12,15-22,25-26,37-38H,1-8,13-14,23-24H2;1H. The number of hydrogen-bond acceptors (Lipinski definition) is 4. The second kappa shape index (κ2) is 14.6. The van der Waals surface area contributed by atoms with Crippen molar-refractivity contribution in [1.29, 1.82) is 10.8 Å². The number of halogens is 1. The Hall–Kier alpha value is -3.84. The Bertz CT molecular complexity index is 1820. The lowest BCUT2D eigenvalue weighted by Crippen LogP contribution is -2.22. The first-order valence-corrected chi connectivity index (χ1v) is 15.6. The molecule has 0 amide bonds. The summed E-state index contributed by atoms with van der Waals surface area (Å²) in [4.78, 5) is 0. The van der Waals surface area contributed by atoms with E-state index in [0.717, 1.165) is 58.5 Å². The van der Waals surface area contributed by atoms with E-state index in [9.17, 15) is 0 Å². The molecule has 43 heavy (non-hydrogen) atoms. The lowest BCUT2D eigenvalue weighted by Gasteiger charge is -2.10. The highest BCUT2D eigenvalue weighted by molar-refractivity contribution is 8.93. The Labute approximate surface area is 263 Å². The first-order valence-electron chi connectivity index (χ1n) is 15.6. The number of unbranched alkanes of at least 4 members (excludes halogenated alkanes) is 9. The fraction of sp³-hybridized carbons (Fsp3) is 0.333. The van der Waals surface area contributed by atoms with Gasteiger partial charge in [0.05, 0.1) is 11.0 Å². The van der Waals surface area contributed by atoms with Gasteiger partial charge in [-0.05, 0) is 35.7 Å². The number of nitrogens with one attached hydrogen (secondary N) is 2. The van der Waals surface area contributed by atoms with Crippen LogP contribution in [0.4, 0.5) is 0 Å². The van der Waals surface area contributed by atoms with Crippen LogP contribution in [0.5, 0.6) is 0 Å². The maximum Gasteiger partial charge on any atom is 0.141 e. The molecule has 0 spiro atoms. The van der Waals surface area contributed by atoms with Gasteiger partial charge in [0.25, 0.3) is 0 Å².